The Kier molecular flexibility index (Phi) is 10.9. The van der Waals surface area contributed by atoms with Crippen molar-refractivity contribution in [2.75, 3.05) is 18.1 Å². The molecule has 232 valence electrons. The first-order valence-electron chi connectivity index (χ1n) is 14.2. The fourth-order valence-corrected chi connectivity index (χ4v) is 5.40. The van der Waals surface area contributed by atoms with Crippen molar-refractivity contribution in [3.05, 3.63) is 74.7 Å². The number of aryl methyl sites for hydroxylation is 1. The zero-order valence-corrected chi connectivity index (χ0v) is 25.8. The number of aromatic carboxylic acids is 1. The van der Waals surface area contributed by atoms with Gasteiger partial charge in [0.15, 0.2) is 6.61 Å². The zero-order chi connectivity index (χ0) is 32.0. The van der Waals surface area contributed by atoms with Gasteiger partial charge in [-0.25, -0.2) is 18.9 Å². The van der Waals surface area contributed by atoms with Crippen molar-refractivity contribution < 1.29 is 38.1 Å². The topological polar surface area (TPSA) is 123 Å². The van der Waals surface area contributed by atoms with Crippen LogP contribution in [0.2, 0.25) is 10.0 Å². The van der Waals surface area contributed by atoms with Crippen LogP contribution >= 0.6 is 23.2 Å². The Labute approximate surface area is 263 Å². The van der Waals surface area contributed by atoms with Crippen molar-refractivity contribution >= 4 is 63.5 Å². The van der Waals surface area contributed by atoms with Gasteiger partial charge in [0, 0.05) is 28.8 Å². The number of benzene rings is 2. The summed E-state index contributed by atoms with van der Waals surface area (Å²) in [6.45, 7) is 3.84. The molecule has 1 aliphatic heterocycles. The van der Waals surface area contributed by atoms with Crippen LogP contribution in [0.25, 0.3) is 10.9 Å². The molecule has 1 aliphatic carbocycles. The second kappa shape index (κ2) is 14.6. The molecule has 0 atom stereocenters. The summed E-state index contributed by atoms with van der Waals surface area (Å²) in [6.07, 6.45) is 7.03. The van der Waals surface area contributed by atoms with E-state index in [2.05, 4.69) is 4.98 Å². The molecule has 44 heavy (non-hydrogen) atoms. The Morgan fingerprint density at radius 2 is 1.70 bits per heavy atom. The number of esters is 1. The molecule has 3 aromatic rings. The van der Waals surface area contributed by atoms with Gasteiger partial charge in [-0.3, -0.25) is 14.6 Å². The van der Waals surface area contributed by atoms with E-state index in [1.807, 2.05) is 19.9 Å². The Morgan fingerprint density at radius 1 is 1.02 bits per heavy atom. The van der Waals surface area contributed by atoms with Crippen LogP contribution in [0.15, 0.2) is 47.7 Å². The maximum absolute atomic E-state index is 14.5. The number of rotatable bonds is 9. The van der Waals surface area contributed by atoms with Gasteiger partial charge in [0.2, 0.25) is 0 Å². The molecule has 1 aromatic heterocycles. The average Bonchev–Trinajstić information content (AvgIpc) is 3.24. The summed E-state index contributed by atoms with van der Waals surface area (Å²) in [6, 6.07) is 7.37. The fourth-order valence-electron chi connectivity index (χ4n) is 4.97. The summed E-state index contributed by atoms with van der Waals surface area (Å²) in [4.78, 5) is 53.0. The lowest BCUT2D eigenvalue weighted by atomic mass is 9.93. The summed E-state index contributed by atoms with van der Waals surface area (Å²) >= 11 is 11.8. The minimum Gasteiger partial charge on any atom is -0.480 e. The Hall–Kier alpha value is -4.02. The predicted octanol–water partition coefficient (Wildman–Crippen LogP) is 7.23. The lowest BCUT2D eigenvalue weighted by Crippen LogP contribution is -2.32. The summed E-state index contributed by atoms with van der Waals surface area (Å²) in [5.41, 5.74) is 2.16. The highest BCUT2D eigenvalue weighted by molar-refractivity contribution is 6.35. The number of fused-ring (bicyclic) bond motifs is 1. The van der Waals surface area contributed by atoms with Gasteiger partial charge in [0.25, 0.3) is 11.8 Å². The quantitative estimate of drug-likeness (QED) is 0.147. The summed E-state index contributed by atoms with van der Waals surface area (Å²) in [5.74, 6) is -3.46. The molecule has 2 aliphatic rings. The second-order valence-corrected chi connectivity index (χ2v) is 11.2. The van der Waals surface area contributed by atoms with Gasteiger partial charge in [-0.2, -0.15) is 0 Å². The number of halogens is 3. The van der Waals surface area contributed by atoms with E-state index in [1.165, 1.54) is 6.07 Å². The third-order valence-electron chi connectivity index (χ3n) is 7.14. The first-order chi connectivity index (χ1) is 21.0. The van der Waals surface area contributed by atoms with Crippen molar-refractivity contribution in [3.63, 3.8) is 0 Å². The monoisotopic (exact) mass is 644 g/mol. The third kappa shape index (κ3) is 7.36. The number of anilines is 1. The number of hydrogen-bond donors (Lipinski definition) is 1. The normalized spacial score (nSPS) is 14.3. The minimum atomic E-state index is -1.05. The molecule has 0 radical (unpaired) electrons. The standard InChI is InChI=1S/C21H23ClFNO5.C11H8ClNO2/c1-2-3-6-9-28-19(25)12-29-18-11-17(16(23)10-15(18)22)24-20(26)13-7-4-5-8-14(13)21(24)27;1-6-4-7-2-3-8(12)9(11(14)15)10(7)13-5-6/h10-11H,2-9,12H2,1H3;2-5H,1H3,(H,14,15). The molecule has 2 aromatic carbocycles. The number of amides is 2. The van der Waals surface area contributed by atoms with E-state index in [4.69, 9.17) is 37.8 Å². The van der Waals surface area contributed by atoms with Crippen molar-refractivity contribution in [1.82, 2.24) is 4.98 Å². The first kappa shape index (κ1) is 32.9. The van der Waals surface area contributed by atoms with Gasteiger partial charge in [0.1, 0.15) is 17.1 Å². The largest absolute Gasteiger partial charge is 0.480 e. The number of pyridine rings is 1. The maximum Gasteiger partial charge on any atom is 0.344 e. The Bertz CT molecular complexity index is 1630. The van der Waals surface area contributed by atoms with Crippen molar-refractivity contribution in [3.8, 4) is 5.75 Å². The molecule has 0 unspecified atom stereocenters. The fraction of sp³-hybridized carbons (Fsp3) is 0.344. The van der Waals surface area contributed by atoms with Crippen LogP contribution in [0.3, 0.4) is 0 Å². The molecular weight excluding hydrogens is 614 g/mol. The molecule has 5 rings (SSSR count). The molecule has 0 saturated carbocycles. The Balaban J connectivity index is 0.000000246. The number of carboxylic acids is 1. The highest BCUT2D eigenvalue weighted by Gasteiger charge is 2.41. The molecule has 9 nitrogen and oxygen atoms in total. The van der Waals surface area contributed by atoms with Gasteiger partial charge in [-0.15, -0.1) is 0 Å². The van der Waals surface area contributed by atoms with Gasteiger partial charge < -0.3 is 14.6 Å². The molecular formula is C32H31Cl2FN2O7. The van der Waals surface area contributed by atoms with Crippen LogP contribution in [0.5, 0.6) is 5.75 Å². The summed E-state index contributed by atoms with van der Waals surface area (Å²) in [7, 11) is 0. The van der Waals surface area contributed by atoms with Crippen LogP contribution in [0.1, 0.15) is 67.8 Å². The number of aromatic nitrogens is 1. The smallest absolute Gasteiger partial charge is 0.344 e. The van der Waals surface area contributed by atoms with Crippen LogP contribution in [0, 0.1) is 12.7 Å². The molecule has 0 fully saturated rings. The lowest BCUT2D eigenvalue weighted by molar-refractivity contribution is -0.146. The molecule has 0 spiro atoms. The van der Waals surface area contributed by atoms with Gasteiger partial charge >= 0.3 is 11.9 Å². The number of hydrogen-bond acceptors (Lipinski definition) is 7. The summed E-state index contributed by atoms with van der Waals surface area (Å²) < 4.78 is 25.0. The van der Waals surface area contributed by atoms with E-state index in [1.54, 1.807) is 18.3 Å². The number of imide groups is 1. The minimum absolute atomic E-state index is 0.000883. The van der Waals surface area contributed by atoms with Crippen LogP contribution in [-0.2, 0) is 19.1 Å². The third-order valence-corrected chi connectivity index (χ3v) is 7.75. The molecule has 2 heterocycles. The predicted molar refractivity (Wildman–Crippen MR) is 164 cm³/mol. The number of carbonyl (C=O) groups is 4. The zero-order valence-electron chi connectivity index (χ0n) is 24.3. The number of carboxylic acid groups (broad SMARTS) is 1. The highest BCUT2D eigenvalue weighted by atomic mass is 35.5. The van der Waals surface area contributed by atoms with Gasteiger partial charge in [-0.1, -0.05) is 49.0 Å². The number of ether oxygens (including phenoxy) is 2. The number of carbonyl (C=O) groups excluding carboxylic acids is 3. The van der Waals surface area contributed by atoms with Crippen molar-refractivity contribution in [2.24, 2.45) is 0 Å². The second-order valence-electron chi connectivity index (χ2n) is 10.4. The van der Waals surface area contributed by atoms with Crippen LogP contribution < -0.4 is 9.64 Å². The maximum atomic E-state index is 14.5. The lowest BCUT2D eigenvalue weighted by Gasteiger charge is -2.18. The number of unbranched alkanes of at least 4 members (excludes halogenated alkanes) is 2. The van der Waals surface area contributed by atoms with Gasteiger partial charge in [-0.05, 0) is 62.8 Å². The molecule has 1 N–H and O–H groups in total. The molecule has 2 amide bonds. The first-order valence-corrected chi connectivity index (χ1v) is 15.0. The van der Waals surface area contributed by atoms with Crippen LogP contribution in [-0.4, -0.2) is 47.1 Å². The number of nitrogens with zero attached hydrogens (tertiary/aromatic N) is 2. The van der Waals surface area contributed by atoms with E-state index in [0.717, 1.165) is 54.0 Å². The van der Waals surface area contributed by atoms with E-state index in [0.29, 0.717) is 36.1 Å². The van der Waals surface area contributed by atoms with E-state index >= 15 is 0 Å². The Morgan fingerprint density at radius 3 is 2.34 bits per heavy atom. The van der Waals surface area contributed by atoms with Crippen LogP contribution in [0.4, 0.5) is 10.1 Å². The summed E-state index contributed by atoms with van der Waals surface area (Å²) in [5, 5.41) is 9.94. The van der Waals surface area contributed by atoms with Crippen molar-refractivity contribution in [2.45, 2.75) is 58.8 Å². The molecule has 0 saturated heterocycles. The van der Waals surface area contributed by atoms with E-state index in [-0.39, 0.29) is 27.0 Å². The SMILES string of the molecule is CCCCCOC(=O)COc1cc(N2C(=O)C3=C(CCCC3)C2=O)c(F)cc1Cl.Cc1cnc2c(C(=O)O)c(Cl)ccc2c1. The highest BCUT2D eigenvalue weighted by Crippen LogP contribution is 2.39. The average molecular weight is 646 g/mol. The van der Waals surface area contributed by atoms with Crippen molar-refractivity contribution in [1.29, 1.82) is 0 Å². The van der Waals surface area contributed by atoms with E-state index in [9.17, 15) is 23.6 Å². The van der Waals surface area contributed by atoms with E-state index < -0.39 is 36.2 Å². The molecule has 12 heteroatoms. The van der Waals surface area contributed by atoms with Gasteiger partial charge in [0.05, 0.1) is 27.9 Å². The molecule has 0 bridgehead atoms.